The van der Waals surface area contributed by atoms with Crippen LogP contribution in [0, 0.1) is 11.8 Å². The highest BCUT2D eigenvalue weighted by Gasteiger charge is 2.37. The number of alkyl carbamates (subject to hydrolysis) is 2. The van der Waals surface area contributed by atoms with E-state index in [1.807, 2.05) is 25.1 Å². The van der Waals surface area contributed by atoms with Crippen molar-refractivity contribution in [1.82, 2.24) is 30.5 Å². The molecule has 0 bridgehead atoms. The maximum absolute atomic E-state index is 13.8. The largest absolute Gasteiger partial charge is 0.445 e. The van der Waals surface area contributed by atoms with Gasteiger partial charge < -0.3 is 58.2 Å². The highest BCUT2D eigenvalue weighted by atomic mass is 32.2. The summed E-state index contributed by atoms with van der Waals surface area (Å²) in [5, 5.41) is 13.4. The first-order valence-electron chi connectivity index (χ1n) is 24.5. The third kappa shape index (κ3) is 17.3. The monoisotopic (exact) mass is 1030 g/mol. The molecule has 1 saturated heterocycles. The van der Waals surface area contributed by atoms with Crippen molar-refractivity contribution in [3.8, 4) is 11.1 Å². The summed E-state index contributed by atoms with van der Waals surface area (Å²) >= 11 is 0. The van der Waals surface area contributed by atoms with E-state index in [0.717, 1.165) is 6.42 Å². The topological polar surface area (TPSA) is 312 Å². The van der Waals surface area contributed by atoms with Crippen LogP contribution in [0.1, 0.15) is 84.8 Å². The van der Waals surface area contributed by atoms with Crippen LogP contribution in [-0.4, -0.2) is 123 Å². The van der Waals surface area contributed by atoms with Gasteiger partial charge in [0.1, 0.15) is 24.1 Å². The number of fused-ring (bicyclic) bond motifs is 1. The van der Waals surface area contributed by atoms with Gasteiger partial charge in [-0.3, -0.25) is 14.4 Å². The first kappa shape index (κ1) is 56.9. The fourth-order valence-corrected chi connectivity index (χ4v) is 9.44. The summed E-state index contributed by atoms with van der Waals surface area (Å²) in [6.07, 6.45) is 2.59. The van der Waals surface area contributed by atoms with E-state index in [0.29, 0.717) is 71.7 Å². The van der Waals surface area contributed by atoms with Gasteiger partial charge in [0.15, 0.2) is 0 Å². The molecule has 396 valence electrons. The average Bonchev–Trinajstić information content (AvgIpc) is 3.48. The Hall–Kier alpha value is -7.04. The zero-order chi connectivity index (χ0) is 53.5. The van der Waals surface area contributed by atoms with Crippen LogP contribution in [0.5, 0.6) is 0 Å². The molecule has 1 fully saturated rings. The predicted molar refractivity (Wildman–Crippen MR) is 279 cm³/mol. The van der Waals surface area contributed by atoms with Crippen molar-refractivity contribution in [2.75, 3.05) is 51.1 Å². The molecule has 0 aromatic heterocycles. The van der Waals surface area contributed by atoms with E-state index in [-0.39, 0.29) is 74.1 Å². The van der Waals surface area contributed by atoms with Gasteiger partial charge in [-0.2, -0.15) is 4.31 Å². The fraction of sp³-hybridized carbons (Fsp3) is 0.471. The second-order valence-corrected chi connectivity index (χ2v) is 21.4. The van der Waals surface area contributed by atoms with Gasteiger partial charge in [0.25, 0.3) is 0 Å². The van der Waals surface area contributed by atoms with Crippen molar-refractivity contribution in [2.45, 2.75) is 103 Å². The summed E-state index contributed by atoms with van der Waals surface area (Å²) in [5.41, 5.74) is 21.0. The number of nitrogens with one attached hydrogen (secondary N) is 5. The number of ether oxygens (including phenoxy) is 2. The van der Waals surface area contributed by atoms with E-state index in [4.69, 9.17) is 26.7 Å². The minimum atomic E-state index is -3.87. The molecule has 2 aliphatic rings. The molecule has 0 unspecified atom stereocenters. The SMILES string of the molecule is CCCN(CCCNC(=O)OC(C)(C)C)C(=O)C1=Cc2ccc(-c3cccc(S(=O)(=O)N4CC(CNC(=O)OCc5ccc(NC(=O)[C@H](CCCNC(N)=O)NC(=O)[C@@H](N)C(C)C)cc5)C4)c3)cc2N=C(N)C1. The molecule has 2 atom stereocenters. The predicted octanol–water partition coefficient (Wildman–Crippen LogP) is 4.68. The highest BCUT2D eigenvalue weighted by molar-refractivity contribution is 7.89. The summed E-state index contributed by atoms with van der Waals surface area (Å²) in [6, 6.07) is 16.2. The van der Waals surface area contributed by atoms with Crippen molar-refractivity contribution in [3.05, 3.63) is 83.4 Å². The molecule has 0 aliphatic carbocycles. The Kier molecular flexibility index (Phi) is 20.3. The number of hydrogen-bond acceptors (Lipinski definition) is 13. The van der Waals surface area contributed by atoms with Crippen LogP contribution in [0.2, 0.25) is 0 Å². The number of carbonyl (C=O) groups excluding carboxylic acids is 6. The second kappa shape index (κ2) is 26.1. The van der Waals surface area contributed by atoms with Gasteiger partial charge in [0.05, 0.1) is 16.6 Å². The van der Waals surface area contributed by atoms with Crippen molar-refractivity contribution in [2.24, 2.45) is 34.0 Å². The number of carbonyl (C=O) groups is 6. The Morgan fingerprint density at radius 1 is 0.877 bits per heavy atom. The molecule has 7 amide bonds. The molecule has 0 radical (unpaired) electrons. The number of primary amides is 1. The molecule has 0 spiro atoms. The fourth-order valence-electron chi connectivity index (χ4n) is 7.80. The zero-order valence-electron chi connectivity index (χ0n) is 42.5. The van der Waals surface area contributed by atoms with Crippen LogP contribution in [0.3, 0.4) is 0 Å². The molecule has 2 heterocycles. The van der Waals surface area contributed by atoms with E-state index in [9.17, 15) is 37.2 Å². The highest BCUT2D eigenvalue weighted by Crippen LogP contribution is 2.34. The summed E-state index contributed by atoms with van der Waals surface area (Å²) in [6.45, 7) is 12.9. The normalized spacial score (nSPS) is 14.7. The molecule has 73 heavy (non-hydrogen) atoms. The number of nitrogens with zero attached hydrogens (tertiary/aromatic N) is 3. The number of amides is 7. The van der Waals surface area contributed by atoms with Crippen molar-refractivity contribution >= 4 is 69.2 Å². The Morgan fingerprint density at radius 2 is 1.58 bits per heavy atom. The molecule has 3 aromatic carbocycles. The van der Waals surface area contributed by atoms with Crippen LogP contribution in [0.4, 0.5) is 25.8 Å². The first-order valence-corrected chi connectivity index (χ1v) is 25.9. The van der Waals surface area contributed by atoms with Gasteiger partial charge >= 0.3 is 18.2 Å². The van der Waals surface area contributed by atoms with E-state index >= 15 is 0 Å². The van der Waals surface area contributed by atoms with Crippen LogP contribution < -0.4 is 43.8 Å². The summed E-state index contributed by atoms with van der Waals surface area (Å²) in [4.78, 5) is 81.9. The summed E-state index contributed by atoms with van der Waals surface area (Å²) in [5.74, 6) is -1.17. The van der Waals surface area contributed by atoms with Crippen LogP contribution >= 0.6 is 0 Å². The number of urea groups is 1. The molecule has 21 nitrogen and oxygen atoms in total. The standard InChI is InChI=1S/C51H71N11O10S/c1-7-22-61(23-10-21-56-50(68)72-51(4,5)6)47(65)38-24-37-17-16-36(26-42(37)59-43(52)27-38)35-11-8-12-40(25-35)73(69,70)62-29-34(30-62)28-57-49(67)71-31-33-14-18-39(19-15-33)58-45(63)41(13-9-20-55-48(54)66)60-46(64)44(53)32(2)3/h8,11-12,14-19,24-26,32,34,41,44H,7,9-10,13,20-23,27-31,53H2,1-6H3,(H2,52,59)(H,56,68)(H,57,67)(H,58,63)(H,60,64)(H3,54,55,66)/t41-,44-/m0/s1. The Morgan fingerprint density at radius 3 is 2.25 bits per heavy atom. The minimum absolute atomic E-state index is 0.0709. The Balaban J connectivity index is 1.10. The summed E-state index contributed by atoms with van der Waals surface area (Å²) < 4.78 is 39.5. The second-order valence-electron chi connectivity index (χ2n) is 19.4. The zero-order valence-corrected chi connectivity index (χ0v) is 43.3. The molecule has 2 aliphatic heterocycles. The molecule has 22 heteroatoms. The lowest BCUT2D eigenvalue weighted by atomic mass is 10.0. The molecule has 3 aromatic rings. The lowest BCUT2D eigenvalue weighted by Gasteiger charge is -2.38. The van der Waals surface area contributed by atoms with Gasteiger partial charge in [-0.05, 0) is 105 Å². The van der Waals surface area contributed by atoms with Gasteiger partial charge in [-0.25, -0.2) is 27.8 Å². The molecular weight excluding hydrogens is 959 g/mol. The minimum Gasteiger partial charge on any atom is -0.445 e. The lowest BCUT2D eigenvalue weighted by molar-refractivity contribution is -0.128. The van der Waals surface area contributed by atoms with Gasteiger partial charge in [-0.15, -0.1) is 0 Å². The molecular formula is C51H71N11O10S. The number of rotatable bonds is 23. The van der Waals surface area contributed by atoms with E-state index in [1.54, 1.807) is 88.1 Å². The number of nitrogens with two attached hydrogens (primary N) is 3. The van der Waals surface area contributed by atoms with Crippen molar-refractivity contribution in [1.29, 1.82) is 0 Å². The van der Waals surface area contributed by atoms with Gasteiger partial charge in [0.2, 0.25) is 27.7 Å². The quantitative estimate of drug-likeness (QED) is 0.0601. The van der Waals surface area contributed by atoms with E-state index < -0.39 is 57.7 Å². The van der Waals surface area contributed by atoms with E-state index in [1.165, 1.54) is 10.4 Å². The molecule has 11 N–H and O–H groups in total. The lowest BCUT2D eigenvalue weighted by Crippen LogP contribution is -2.53. The van der Waals surface area contributed by atoms with Crippen LogP contribution in [-0.2, 0) is 40.5 Å². The van der Waals surface area contributed by atoms with Gasteiger partial charge in [-0.1, -0.05) is 57.2 Å². The molecule has 5 rings (SSSR count). The number of anilines is 1. The Labute approximate surface area is 427 Å². The maximum atomic E-state index is 13.8. The average molecular weight is 1030 g/mol. The maximum Gasteiger partial charge on any atom is 0.407 e. The van der Waals surface area contributed by atoms with Gasteiger partial charge in [0, 0.05) is 75.0 Å². The number of amidine groups is 1. The number of sulfonamides is 1. The van der Waals surface area contributed by atoms with Crippen molar-refractivity contribution in [3.63, 3.8) is 0 Å². The number of hydrogen-bond donors (Lipinski definition) is 8. The first-order chi connectivity index (χ1) is 34.5. The Bertz CT molecular complexity index is 2630. The smallest absolute Gasteiger partial charge is 0.407 e. The van der Waals surface area contributed by atoms with Crippen LogP contribution in [0.25, 0.3) is 17.2 Å². The number of aliphatic imine (C=N–C) groups is 1. The molecule has 0 saturated carbocycles. The summed E-state index contributed by atoms with van der Waals surface area (Å²) in [7, 11) is -3.87. The van der Waals surface area contributed by atoms with E-state index in [2.05, 4.69) is 31.6 Å². The third-order valence-corrected chi connectivity index (χ3v) is 13.6. The van der Waals surface area contributed by atoms with Crippen molar-refractivity contribution < 1.29 is 46.7 Å². The van der Waals surface area contributed by atoms with Crippen LogP contribution in [0.15, 0.2) is 82.2 Å². The number of benzene rings is 3. The third-order valence-electron chi connectivity index (χ3n) is 11.8.